The van der Waals surface area contributed by atoms with Gasteiger partial charge in [0.05, 0.1) is 23.3 Å². The third kappa shape index (κ3) is 3.95. The number of halogens is 2. The summed E-state index contributed by atoms with van der Waals surface area (Å²) < 4.78 is 20.7. The highest BCUT2D eigenvalue weighted by atomic mass is 35.5. The second-order valence-electron chi connectivity index (χ2n) is 10.2. The predicted molar refractivity (Wildman–Crippen MR) is 127 cm³/mol. The number of morpholine rings is 1. The van der Waals surface area contributed by atoms with E-state index in [1.165, 1.54) is 36.7 Å². The van der Waals surface area contributed by atoms with Crippen LogP contribution in [0.5, 0.6) is 0 Å². The number of ether oxygens (including phenoxy) is 1. The maximum Gasteiger partial charge on any atom is 0.235 e. The summed E-state index contributed by atoms with van der Waals surface area (Å²) in [4.78, 5) is 23.1. The number of rotatable bonds is 5. The number of hydrogen-bond acceptors (Lipinski definition) is 5. The first-order valence-electron chi connectivity index (χ1n) is 11.8. The Hall–Kier alpha value is -1.28. The number of para-hydroxylation sites is 1. The van der Waals surface area contributed by atoms with Crippen LogP contribution in [-0.2, 0) is 9.53 Å². The summed E-state index contributed by atoms with van der Waals surface area (Å²) in [5.74, 6) is 2.08. The van der Waals surface area contributed by atoms with E-state index < -0.39 is 0 Å². The zero-order chi connectivity index (χ0) is 21.0. The van der Waals surface area contributed by atoms with Crippen molar-refractivity contribution in [3.05, 3.63) is 24.0 Å². The van der Waals surface area contributed by atoms with Gasteiger partial charge in [-0.15, -0.1) is 12.4 Å². The van der Waals surface area contributed by atoms with E-state index in [1.807, 2.05) is 11.0 Å². The quantitative estimate of drug-likeness (QED) is 0.621. The van der Waals surface area contributed by atoms with E-state index >= 15 is 0 Å². The molecule has 1 saturated heterocycles. The third-order valence-corrected chi connectivity index (χ3v) is 9.11. The summed E-state index contributed by atoms with van der Waals surface area (Å²) in [6, 6.07) is 5.07. The van der Waals surface area contributed by atoms with Crippen LogP contribution in [0.3, 0.4) is 0 Å². The first kappa shape index (κ1) is 22.5. The maximum absolute atomic E-state index is 14.4. The molecule has 1 aromatic heterocycles. The number of aromatic nitrogens is 1. The number of carbonyl (C=O) groups is 1. The molecule has 4 bridgehead atoms. The van der Waals surface area contributed by atoms with Crippen LogP contribution < -0.4 is 4.90 Å². The highest BCUT2D eigenvalue weighted by Crippen LogP contribution is 2.60. The Labute approximate surface area is 198 Å². The van der Waals surface area contributed by atoms with Gasteiger partial charge in [0.1, 0.15) is 11.3 Å². The Morgan fingerprint density at radius 1 is 1.16 bits per heavy atom. The highest BCUT2D eigenvalue weighted by Gasteiger charge is 2.56. The fourth-order valence-corrected chi connectivity index (χ4v) is 8.03. The number of carbonyl (C=O) groups excluding carboxylic acids is 1. The molecule has 8 heteroatoms. The molecule has 2 aromatic rings. The van der Waals surface area contributed by atoms with Gasteiger partial charge in [0.2, 0.25) is 5.91 Å². The molecule has 5 fully saturated rings. The normalized spacial score (nSPS) is 31.6. The van der Waals surface area contributed by atoms with Crippen molar-refractivity contribution in [2.24, 2.45) is 23.2 Å². The van der Waals surface area contributed by atoms with Crippen molar-refractivity contribution >= 4 is 45.0 Å². The van der Waals surface area contributed by atoms with Crippen LogP contribution in [-0.4, -0.2) is 55.2 Å². The van der Waals surface area contributed by atoms with Crippen molar-refractivity contribution in [1.82, 2.24) is 9.88 Å². The second-order valence-corrected chi connectivity index (χ2v) is 11.2. The Bertz CT molecular complexity index is 957. The Balaban J connectivity index is 0.00000216. The highest BCUT2D eigenvalue weighted by molar-refractivity contribution is 7.22. The fourth-order valence-electron chi connectivity index (χ4n) is 7.03. The van der Waals surface area contributed by atoms with Crippen LogP contribution in [0, 0.1) is 29.0 Å². The van der Waals surface area contributed by atoms with Gasteiger partial charge >= 0.3 is 0 Å². The average Bonchev–Trinajstić information content (AvgIpc) is 3.19. The van der Waals surface area contributed by atoms with Crippen LogP contribution in [0.4, 0.5) is 9.52 Å². The third-order valence-electron chi connectivity index (χ3n) is 8.07. The molecule has 1 amide bonds. The molecule has 0 radical (unpaired) electrons. The summed E-state index contributed by atoms with van der Waals surface area (Å²) in [7, 11) is 0. The summed E-state index contributed by atoms with van der Waals surface area (Å²) in [6.45, 7) is 4.70. The Morgan fingerprint density at radius 2 is 1.81 bits per heavy atom. The largest absolute Gasteiger partial charge is 0.379 e. The van der Waals surface area contributed by atoms with Crippen molar-refractivity contribution in [2.75, 3.05) is 44.3 Å². The number of nitrogens with zero attached hydrogens (tertiary/aromatic N) is 3. The molecule has 7 rings (SSSR count). The van der Waals surface area contributed by atoms with Crippen molar-refractivity contribution in [1.29, 1.82) is 0 Å². The van der Waals surface area contributed by atoms with Gasteiger partial charge in [-0.1, -0.05) is 17.4 Å². The molecule has 4 aliphatic carbocycles. The van der Waals surface area contributed by atoms with Crippen molar-refractivity contribution in [2.45, 2.75) is 38.5 Å². The minimum absolute atomic E-state index is 0. The van der Waals surface area contributed by atoms with Crippen LogP contribution in [0.25, 0.3) is 10.2 Å². The van der Waals surface area contributed by atoms with Crippen LogP contribution in [0.1, 0.15) is 38.5 Å². The van der Waals surface area contributed by atoms with E-state index in [2.05, 4.69) is 9.88 Å². The van der Waals surface area contributed by atoms with Crippen LogP contribution >= 0.6 is 23.7 Å². The summed E-state index contributed by atoms with van der Waals surface area (Å²) in [5, 5.41) is 0.661. The molecule has 0 atom stereocenters. The molecule has 5 aliphatic rings. The van der Waals surface area contributed by atoms with E-state index in [9.17, 15) is 9.18 Å². The number of fused-ring (bicyclic) bond motifs is 1. The summed E-state index contributed by atoms with van der Waals surface area (Å²) in [6.07, 6.45) is 7.04. The minimum atomic E-state index is -0.310. The number of benzene rings is 1. The molecule has 0 N–H and O–H groups in total. The zero-order valence-electron chi connectivity index (χ0n) is 18.3. The monoisotopic (exact) mass is 479 g/mol. The molecule has 32 heavy (non-hydrogen) atoms. The molecule has 0 spiro atoms. The predicted octanol–water partition coefficient (Wildman–Crippen LogP) is 4.74. The molecular weight excluding hydrogens is 449 g/mol. The number of thiazole rings is 1. The summed E-state index contributed by atoms with van der Waals surface area (Å²) >= 11 is 1.45. The average molecular weight is 480 g/mol. The maximum atomic E-state index is 14.4. The van der Waals surface area contributed by atoms with E-state index in [4.69, 9.17) is 4.74 Å². The lowest BCUT2D eigenvalue weighted by molar-refractivity contribution is -0.143. The van der Waals surface area contributed by atoms with Gasteiger partial charge in [0.25, 0.3) is 0 Å². The van der Waals surface area contributed by atoms with Gasteiger partial charge in [-0.25, -0.2) is 9.37 Å². The fraction of sp³-hybridized carbons (Fsp3) is 0.667. The second kappa shape index (κ2) is 8.82. The van der Waals surface area contributed by atoms with Gasteiger partial charge < -0.3 is 4.74 Å². The first-order chi connectivity index (χ1) is 15.1. The Kier molecular flexibility index (Phi) is 6.20. The SMILES string of the molecule is Cl.O=C(N(CCN1CCOCC1)c1nc2c(F)cccc2s1)C12CC3CC(CC(C3)C1)C2. The van der Waals surface area contributed by atoms with Gasteiger partial charge in [-0.2, -0.15) is 0 Å². The van der Waals surface area contributed by atoms with E-state index in [-0.39, 0.29) is 29.5 Å². The lowest BCUT2D eigenvalue weighted by Gasteiger charge is -2.56. The molecule has 5 nitrogen and oxygen atoms in total. The van der Waals surface area contributed by atoms with E-state index in [1.54, 1.807) is 6.07 Å². The minimum Gasteiger partial charge on any atom is -0.379 e. The van der Waals surface area contributed by atoms with Gasteiger partial charge in [-0.05, 0) is 68.4 Å². The lowest BCUT2D eigenvalue weighted by atomic mass is 9.49. The van der Waals surface area contributed by atoms with Gasteiger partial charge in [-0.3, -0.25) is 14.6 Å². The molecular formula is C24H31ClFN3O2S. The van der Waals surface area contributed by atoms with Crippen molar-refractivity contribution < 1.29 is 13.9 Å². The molecule has 1 aromatic carbocycles. The number of anilines is 1. The van der Waals surface area contributed by atoms with Gasteiger partial charge in [0.15, 0.2) is 5.13 Å². The molecule has 2 heterocycles. The topological polar surface area (TPSA) is 45.7 Å². The molecule has 0 unspecified atom stereocenters. The molecule has 174 valence electrons. The van der Waals surface area contributed by atoms with Crippen LogP contribution in [0.2, 0.25) is 0 Å². The molecule has 4 saturated carbocycles. The van der Waals surface area contributed by atoms with Gasteiger partial charge in [0, 0.05) is 26.2 Å². The Morgan fingerprint density at radius 3 is 2.44 bits per heavy atom. The van der Waals surface area contributed by atoms with Crippen molar-refractivity contribution in [3.63, 3.8) is 0 Å². The van der Waals surface area contributed by atoms with E-state index in [0.29, 0.717) is 34.9 Å². The van der Waals surface area contributed by atoms with E-state index in [0.717, 1.165) is 56.8 Å². The first-order valence-corrected chi connectivity index (χ1v) is 12.6. The smallest absolute Gasteiger partial charge is 0.235 e. The molecule has 1 aliphatic heterocycles. The van der Waals surface area contributed by atoms with Crippen LogP contribution in [0.15, 0.2) is 18.2 Å². The number of hydrogen-bond donors (Lipinski definition) is 0. The lowest BCUT2D eigenvalue weighted by Crippen LogP contribution is -2.56. The number of amides is 1. The standard InChI is InChI=1S/C24H30FN3O2S.ClH/c25-19-2-1-3-20-21(19)26-23(31-20)28(5-4-27-6-8-30-9-7-27)22(29)24-13-16-10-17(14-24)12-18(11-16)15-24;/h1-3,16-18H,4-15H2;1H. The zero-order valence-corrected chi connectivity index (χ0v) is 19.9. The van der Waals surface area contributed by atoms with Crippen molar-refractivity contribution in [3.8, 4) is 0 Å². The summed E-state index contributed by atoms with van der Waals surface area (Å²) in [5.41, 5.74) is 0.160.